The number of hydrogen-bond donors (Lipinski definition) is 2. The van der Waals surface area contributed by atoms with E-state index in [-0.39, 0.29) is 6.04 Å². The monoisotopic (exact) mass is 248 g/mol. The molecule has 0 aliphatic heterocycles. The Labute approximate surface area is 107 Å². The van der Waals surface area contributed by atoms with Gasteiger partial charge in [-0.3, -0.25) is 5.84 Å². The van der Waals surface area contributed by atoms with Crippen molar-refractivity contribution in [2.45, 2.75) is 25.8 Å². The molecular formula is C14H20N2O2. The van der Waals surface area contributed by atoms with Crippen molar-refractivity contribution in [1.29, 1.82) is 0 Å². The fourth-order valence-corrected chi connectivity index (χ4v) is 2.14. The molecule has 4 nitrogen and oxygen atoms in total. The van der Waals surface area contributed by atoms with Gasteiger partial charge in [-0.2, -0.15) is 0 Å². The highest BCUT2D eigenvalue weighted by Crippen LogP contribution is 2.27. The van der Waals surface area contributed by atoms with Gasteiger partial charge in [-0.1, -0.05) is 18.2 Å². The zero-order valence-corrected chi connectivity index (χ0v) is 10.9. The molecule has 1 atom stereocenters. The van der Waals surface area contributed by atoms with Gasteiger partial charge in [0.15, 0.2) is 0 Å². The van der Waals surface area contributed by atoms with Gasteiger partial charge >= 0.3 is 0 Å². The van der Waals surface area contributed by atoms with E-state index < -0.39 is 0 Å². The van der Waals surface area contributed by atoms with Crippen LogP contribution < -0.4 is 11.3 Å². The van der Waals surface area contributed by atoms with Gasteiger partial charge in [0.05, 0.1) is 6.04 Å². The molecule has 0 bridgehead atoms. The molecule has 0 saturated heterocycles. The lowest BCUT2D eigenvalue weighted by atomic mass is 10.1. The highest BCUT2D eigenvalue weighted by Gasteiger charge is 2.15. The Balaban J connectivity index is 2.20. The molecule has 0 aliphatic rings. The lowest BCUT2D eigenvalue weighted by molar-refractivity contribution is 0.187. The fourth-order valence-electron chi connectivity index (χ4n) is 2.14. The zero-order valence-electron chi connectivity index (χ0n) is 10.9. The maximum atomic E-state index is 5.90. The van der Waals surface area contributed by atoms with E-state index >= 15 is 0 Å². The van der Waals surface area contributed by atoms with Crippen molar-refractivity contribution < 1.29 is 9.15 Å². The lowest BCUT2D eigenvalue weighted by Crippen LogP contribution is -2.27. The SMILES string of the molecule is COCCCC(NN)c1cc2cccc(C)c2o1. The number of ether oxygens (including phenoxy) is 1. The molecule has 0 aliphatic carbocycles. The summed E-state index contributed by atoms with van der Waals surface area (Å²) < 4.78 is 11.0. The van der Waals surface area contributed by atoms with Crippen LogP contribution in [0.2, 0.25) is 0 Å². The molecule has 18 heavy (non-hydrogen) atoms. The van der Waals surface area contributed by atoms with E-state index in [1.807, 2.05) is 19.1 Å². The summed E-state index contributed by atoms with van der Waals surface area (Å²) in [5.41, 5.74) is 4.90. The Bertz CT molecular complexity index is 507. The van der Waals surface area contributed by atoms with Crippen molar-refractivity contribution >= 4 is 11.0 Å². The second-order valence-electron chi connectivity index (χ2n) is 4.50. The van der Waals surface area contributed by atoms with Crippen LogP contribution in [0.25, 0.3) is 11.0 Å². The first kappa shape index (κ1) is 13.1. The molecule has 0 saturated carbocycles. The summed E-state index contributed by atoms with van der Waals surface area (Å²) in [6.07, 6.45) is 1.84. The smallest absolute Gasteiger partial charge is 0.137 e. The molecular weight excluding hydrogens is 228 g/mol. The molecule has 0 radical (unpaired) electrons. The van der Waals surface area contributed by atoms with Crippen LogP contribution in [0.3, 0.4) is 0 Å². The number of nitrogens with one attached hydrogen (secondary N) is 1. The number of fused-ring (bicyclic) bond motifs is 1. The van der Waals surface area contributed by atoms with Gasteiger partial charge in [-0.05, 0) is 31.4 Å². The second-order valence-corrected chi connectivity index (χ2v) is 4.50. The van der Waals surface area contributed by atoms with Gasteiger partial charge in [-0.25, -0.2) is 5.43 Å². The Kier molecular flexibility index (Phi) is 4.36. The molecule has 4 heteroatoms. The maximum absolute atomic E-state index is 5.90. The van der Waals surface area contributed by atoms with E-state index in [1.54, 1.807) is 7.11 Å². The van der Waals surface area contributed by atoms with Gasteiger partial charge in [0.1, 0.15) is 11.3 Å². The molecule has 0 amide bonds. The minimum Gasteiger partial charge on any atom is -0.459 e. The van der Waals surface area contributed by atoms with Crippen LogP contribution in [0.4, 0.5) is 0 Å². The standard InChI is InChI=1S/C14H20N2O2/c1-10-5-3-6-11-9-13(18-14(10)11)12(16-15)7-4-8-17-2/h3,5-6,9,12,16H,4,7-8,15H2,1-2H3. The van der Waals surface area contributed by atoms with Crippen LogP contribution in [0.5, 0.6) is 0 Å². The highest BCUT2D eigenvalue weighted by atomic mass is 16.5. The number of hydrogen-bond acceptors (Lipinski definition) is 4. The summed E-state index contributed by atoms with van der Waals surface area (Å²) in [5.74, 6) is 6.48. The van der Waals surface area contributed by atoms with Crippen molar-refractivity contribution in [1.82, 2.24) is 5.43 Å². The lowest BCUT2D eigenvalue weighted by Gasteiger charge is -2.12. The summed E-state index contributed by atoms with van der Waals surface area (Å²) in [6.45, 7) is 2.78. The summed E-state index contributed by atoms with van der Waals surface area (Å²) in [4.78, 5) is 0. The summed E-state index contributed by atoms with van der Waals surface area (Å²) >= 11 is 0. The number of aryl methyl sites for hydroxylation is 1. The first-order valence-electron chi connectivity index (χ1n) is 6.20. The third-order valence-electron chi connectivity index (χ3n) is 3.15. The quantitative estimate of drug-likeness (QED) is 0.469. The summed E-state index contributed by atoms with van der Waals surface area (Å²) in [5, 5.41) is 1.12. The molecule has 98 valence electrons. The second kappa shape index (κ2) is 6.00. The molecule has 3 N–H and O–H groups in total. The van der Waals surface area contributed by atoms with Crippen LogP contribution in [0.1, 0.15) is 30.2 Å². The van der Waals surface area contributed by atoms with E-state index in [4.69, 9.17) is 15.0 Å². The topological polar surface area (TPSA) is 60.4 Å². The average Bonchev–Trinajstić information content (AvgIpc) is 2.80. The number of methoxy groups -OCH3 is 1. The highest BCUT2D eigenvalue weighted by molar-refractivity contribution is 5.80. The van der Waals surface area contributed by atoms with Gasteiger partial charge < -0.3 is 9.15 Å². The minimum absolute atomic E-state index is 0.0342. The average molecular weight is 248 g/mol. The van der Waals surface area contributed by atoms with Crippen LogP contribution in [-0.2, 0) is 4.74 Å². The van der Waals surface area contributed by atoms with Crippen LogP contribution >= 0.6 is 0 Å². The van der Waals surface area contributed by atoms with E-state index in [1.165, 1.54) is 0 Å². The first-order chi connectivity index (χ1) is 8.76. The predicted octanol–water partition coefficient (Wildman–Crippen LogP) is 2.67. The minimum atomic E-state index is 0.0342. The zero-order chi connectivity index (χ0) is 13.0. The van der Waals surface area contributed by atoms with Crippen molar-refractivity contribution in [2.75, 3.05) is 13.7 Å². The van der Waals surface area contributed by atoms with E-state index in [0.29, 0.717) is 0 Å². The molecule has 1 unspecified atom stereocenters. The number of rotatable bonds is 6. The number of nitrogens with two attached hydrogens (primary N) is 1. The van der Waals surface area contributed by atoms with Gasteiger partial charge in [0, 0.05) is 19.1 Å². The van der Waals surface area contributed by atoms with E-state index in [0.717, 1.165) is 41.7 Å². The van der Waals surface area contributed by atoms with Gasteiger partial charge in [-0.15, -0.1) is 0 Å². The molecule has 1 aromatic carbocycles. The summed E-state index contributed by atoms with van der Waals surface area (Å²) in [6, 6.07) is 8.22. The van der Waals surface area contributed by atoms with Crippen molar-refractivity contribution in [2.24, 2.45) is 5.84 Å². The third kappa shape index (κ3) is 2.72. The van der Waals surface area contributed by atoms with Crippen molar-refractivity contribution in [3.63, 3.8) is 0 Å². The number of hydrazine groups is 1. The molecule has 1 heterocycles. The van der Waals surface area contributed by atoms with Crippen molar-refractivity contribution in [3.8, 4) is 0 Å². The van der Waals surface area contributed by atoms with E-state index in [2.05, 4.69) is 17.6 Å². The summed E-state index contributed by atoms with van der Waals surface area (Å²) in [7, 11) is 1.70. The first-order valence-corrected chi connectivity index (χ1v) is 6.20. The number of furan rings is 1. The fraction of sp³-hybridized carbons (Fsp3) is 0.429. The third-order valence-corrected chi connectivity index (χ3v) is 3.15. The van der Waals surface area contributed by atoms with E-state index in [9.17, 15) is 0 Å². The van der Waals surface area contributed by atoms with Gasteiger partial charge in [0.2, 0.25) is 0 Å². The van der Waals surface area contributed by atoms with Crippen molar-refractivity contribution in [3.05, 3.63) is 35.6 Å². The van der Waals surface area contributed by atoms with Crippen LogP contribution in [0.15, 0.2) is 28.7 Å². The maximum Gasteiger partial charge on any atom is 0.137 e. The molecule has 0 spiro atoms. The predicted molar refractivity (Wildman–Crippen MR) is 72.1 cm³/mol. The Morgan fingerprint density at radius 1 is 1.44 bits per heavy atom. The normalized spacial score (nSPS) is 13.1. The largest absolute Gasteiger partial charge is 0.459 e. The molecule has 2 rings (SSSR count). The number of para-hydroxylation sites is 1. The molecule has 2 aromatic rings. The Morgan fingerprint density at radius 2 is 2.28 bits per heavy atom. The Hall–Kier alpha value is -1.36. The molecule has 1 aromatic heterocycles. The van der Waals surface area contributed by atoms with Crippen LogP contribution in [0, 0.1) is 6.92 Å². The Morgan fingerprint density at radius 3 is 2.94 bits per heavy atom. The molecule has 0 fully saturated rings. The van der Waals surface area contributed by atoms with Gasteiger partial charge in [0.25, 0.3) is 0 Å². The number of benzene rings is 1. The van der Waals surface area contributed by atoms with Crippen LogP contribution in [-0.4, -0.2) is 13.7 Å².